The van der Waals surface area contributed by atoms with Gasteiger partial charge in [-0.05, 0) is 48.5 Å². The normalized spacial score (nSPS) is 10.8. The molecule has 0 bridgehead atoms. The Morgan fingerprint density at radius 3 is 2.36 bits per heavy atom. The summed E-state index contributed by atoms with van der Waals surface area (Å²) in [6, 6.07) is 15.4. The quantitative estimate of drug-likeness (QED) is 0.454. The number of rotatable bonds is 7. The van der Waals surface area contributed by atoms with E-state index in [1.807, 2.05) is 53.1 Å². The van der Waals surface area contributed by atoms with Crippen molar-refractivity contribution in [2.75, 3.05) is 26.6 Å². The highest BCUT2D eigenvalue weighted by Gasteiger charge is 2.16. The molecule has 2 aromatic carbocycles. The zero-order chi connectivity index (χ0) is 17.6. The first-order valence-corrected chi connectivity index (χ1v) is 9.07. The van der Waals surface area contributed by atoms with Gasteiger partial charge in [0, 0.05) is 29.1 Å². The maximum absolute atomic E-state index is 6.03. The van der Waals surface area contributed by atoms with Crippen LogP contribution in [0.2, 0.25) is 5.02 Å². The van der Waals surface area contributed by atoms with Crippen molar-refractivity contribution in [2.24, 2.45) is 0 Å². The van der Waals surface area contributed by atoms with Gasteiger partial charge in [0.2, 0.25) is 0 Å². The summed E-state index contributed by atoms with van der Waals surface area (Å²) in [7, 11) is 3.34. The van der Waals surface area contributed by atoms with Gasteiger partial charge in [-0.15, -0.1) is 10.2 Å². The first kappa shape index (κ1) is 17.8. The van der Waals surface area contributed by atoms with Crippen LogP contribution < -0.4 is 4.74 Å². The molecule has 0 amide bonds. The average molecular weight is 376 g/mol. The maximum Gasteiger partial charge on any atom is 0.196 e. The second-order valence-corrected chi connectivity index (χ2v) is 6.69. The summed E-state index contributed by atoms with van der Waals surface area (Å²) < 4.78 is 12.4. The minimum Gasteiger partial charge on any atom is -0.497 e. The van der Waals surface area contributed by atoms with Crippen LogP contribution in [0, 0.1) is 0 Å². The Hall–Kier alpha value is -2.02. The Balaban J connectivity index is 2.03. The molecule has 7 heteroatoms. The van der Waals surface area contributed by atoms with E-state index >= 15 is 0 Å². The fraction of sp³-hybridized carbons (Fsp3) is 0.222. The first-order valence-electron chi connectivity index (χ1n) is 7.70. The highest BCUT2D eigenvalue weighted by atomic mass is 35.5. The second kappa shape index (κ2) is 8.38. The number of hydrogen-bond acceptors (Lipinski definition) is 5. The molecule has 0 unspecified atom stereocenters. The molecule has 0 fully saturated rings. The molecule has 130 valence electrons. The molecule has 0 aliphatic heterocycles. The lowest BCUT2D eigenvalue weighted by atomic mass is 10.2. The highest BCUT2D eigenvalue weighted by Crippen LogP contribution is 2.29. The van der Waals surface area contributed by atoms with Crippen molar-refractivity contribution in [3.63, 3.8) is 0 Å². The molecule has 1 aromatic heterocycles. The minimum absolute atomic E-state index is 0.649. The van der Waals surface area contributed by atoms with Crippen LogP contribution in [0.5, 0.6) is 5.75 Å². The van der Waals surface area contributed by atoms with Crippen molar-refractivity contribution in [2.45, 2.75) is 5.16 Å². The zero-order valence-electron chi connectivity index (χ0n) is 14.0. The predicted molar refractivity (Wildman–Crippen MR) is 101 cm³/mol. The topological polar surface area (TPSA) is 49.2 Å². The van der Waals surface area contributed by atoms with Crippen LogP contribution in [0.3, 0.4) is 0 Å². The second-order valence-electron chi connectivity index (χ2n) is 5.19. The van der Waals surface area contributed by atoms with Gasteiger partial charge in [0.1, 0.15) is 5.75 Å². The number of benzene rings is 2. The van der Waals surface area contributed by atoms with Crippen LogP contribution in [0.25, 0.3) is 17.1 Å². The van der Waals surface area contributed by atoms with E-state index in [4.69, 9.17) is 21.1 Å². The minimum atomic E-state index is 0.649. The van der Waals surface area contributed by atoms with Crippen molar-refractivity contribution < 1.29 is 9.47 Å². The third kappa shape index (κ3) is 4.15. The molecule has 0 radical (unpaired) electrons. The van der Waals surface area contributed by atoms with Gasteiger partial charge in [0.25, 0.3) is 0 Å². The lowest BCUT2D eigenvalue weighted by Gasteiger charge is -2.11. The molecule has 0 saturated carbocycles. The van der Waals surface area contributed by atoms with Gasteiger partial charge >= 0.3 is 0 Å². The van der Waals surface area contributed by atoms with E-state index in [0.717, 1.165) is 33.7 Å². The maximum atomic E-state index is 6.03. The summed E-state index contributed by atoms with van der Waals surface area (Å²) in [4.78, 5) is 0. The SMILES string of the molecule is COCCSc1nnc(-c2ccc(OC)cc2)n1-c1ccc(Cl)cc1. The summed E-state index contributed by atoms with van der Waals surface area (Å²) in [5.41, 5.74) is 1.92. The first-order chi connectivity index (χ1) is 12.2. The Morgan fingerprint density at radius 2 is 1.72 bits per heavy atom. The number of ether oxygens (including phenoxy) is 2. The summed E-state index contributed by atoms with van der Waals surface area (Å²) in [5.74, 6) is 2.37. The lowest BCUT2D eigenvalue weighted by molar-refractivity contribution is 0.218. The van der Waals surface area contributed by atoms with E-state index in [-0.39, 0.29) is 0 Å². The Morgan fingerprint density at radius 1 is 1.00 bits per heavy atom. The standard InChI is InChI=1S/C18H18ClN3O2S/c1-23-11-12-25-18-21-20-17(13-3-9-16(24-2)10-4-13)22(18)15-7-5-14(19)6-8-15/h3-10H,11-12H2,1-2H3. The molecule has 3 aromatic rings. The van der Waals surface area contributed by atoms with Gasteiger partial charge in [0.15, 0.2) is 11.0 Å². The van der Waals surface area contributed by atoms with E-state index in [0.29, 0.717) is 11.6 Å². The lowest BCUT2D eigenvalue weighted by Crippen LogP contribution is -2.01. The molecule has 0 N–H and O–H groups in total. The predicted octanol–water partition coefficient (Wildman–Crippen LogP) is 4.33. The summed E-state index contributed by atoms with van der Waals surface area (Å²) in [6.45, 7) is 0.649. The van der Waals surface area contributed by atoms with E-state index in [9.17, 15) is 0 Å². The van der Waals surface area contributed by atoms with Crippen molar-refractivity contribution in [1.29, 1.82) is 0 Å². The monoisotopic (exact) mass is 375 g/mol. The van der Waals surface area contributed by atoms with Crippen LogP contribution in [0.1, 0.15) is 0 Å². The van der Waals surface area contributed by atoms with Crippen molar-refractivity contribution in [3.05, 3.63) is 53.6 Å². The molecule has 0 saturated heterocycles. The number of halogens is 1. The number of aromatic nitrogens is 3. The smallest absolute Gasteiger partial charge is 0.196 e. The molecule has 0 aliphatic rings. The van der Waals surface area contributed by atoms with Gasteiger partial charge in [0.05, 0.1) is 13.7 Å². The molecule has 1 heterocycles. The molecule has 5 nitrogen and oxygen atoms in total. The molecular weight excluding hydrogens is 358 g/mol. The zero-order valence-corrected chi connectivity index (χ0v) is 15.5. The molecule has 3 rings (SSSR count). The van der Waals surface area contributed by atoms with Crippen molar-refractivity contribution in [3.8, 4) is 22.8 Å². The van der Waals surface area contributed by atoms with Gasteiger partial charge < -0.3 is 9.47 Å². The van der Waals surface area contributed by atoms with Crippen LogP contribution >= 0.6 is 23.4 Å². The molecule has 0 spiro atoms. The van der Waals surface area contributed by atoms with E-state index < -0.39 is 0 Å². The molecular formula is C18H18ClN3O2S. The number of nitrogens with zero attached hydrogens (tertiary/aromatic N) is 3. The fourth-order valence-corrected chi connectivity index (χ4v) is 3.31. The van der Waals surface area contributed by atoms with Crippen molar-refractivity contribution >= 4 is 23.4 Å². The van der Waals surface area contributed by atoms with E-state index in [1.165, 1.54) is 0 Å². The van der Waals surface area contributed by atoms with Crippen LogP contribution in [-0.2, 0) is 4.74 Å². The Bertz CT molecular complexity index is 819. The molecule has 25 heavy (non-hydrogen) atoms. The van der Waals surface area contributed by atoms with Crippen LogP contribution in [-0.4, -0.2) is 41.3 Å². The number of methoxy groups -OCH3 is 2. The van der Waals surface area contributed by atoms with Gasteiger partial charge in [-0.25, -0.2) is 0 Å². The van der Waals surface area contributed by atoms with Crippen LogP contribution in [0.15, 0.2) is 53.7 Å². The highest BCUT2D eigenvalue weighted by molar-refractivity contribution is 7.99. The van der Waals surface area contributed by atoms with E-state index in [1.54, 1.807) is 26.0 Å². The summed E-state index contributed by atoms with van der Waals surface area (Å²) >= 11 is 7.63. The third-order valence-electron chi connectivity index (χ3n) is 3.59. The van der Waals surface area contributed by atoms with E-state index in [2.05, 4.69) is 10.2 Å². The number of thioether (sulfide) groups is 1. The largest absolute Gasteiger partial charge is 0.497 e. The summed E-state index contributed by atoms with van der Waals surface area (Å²) in [6.07, 6.45) is 0. The third-order valence-corrected chi connectivity index (χ3v) is 4.73. The summed E-state index contributed by atoms with van der Waals surface area (Å²) in [5, 5.41) is 10.3. The fourth-order valence-electron chi connectivity index (χ4n) is 2.33. The number of hydrogen-bond donors (Lipinski definition) is 0. The van der Waals surface area contributed by atoms with Crippen LogP contribution in [0.4, 0.5) is 0 Å². The van der Waals surface area contributed by atoms with Gasteiger partial charge in [-0.3, -0.25) is 4.57 Å². The van der Waals surface area contributed by atoms with Gasteiger partial charge in [-0.2, -0.15) is 0 Å². The molecule has 0 aliphatic carbocycles. The van der Waals surface area contributed by atoms with Gasteiger partial charge in [-0.1, -0.05) is 23.4 Å². The Kier molecular flexibility index (Phi) is 5.96. The Labute approximate surface area is 155 Å². The molecule has 0 atom stereocenters. The van der Waals surface area contributed by atoms with Crippen molar-refractivity contribution in [1.82, 2.24) is 14.8 Å². The average Bonchev–Trinajstić information content (AvgIpc) is 3.06.